The number of nitrogens with two attached hydrogens (primary N) is 1. The molecule has 0 radical (unpaired) electrons. The van der Waals surface area contributed by atoms with Crippen molar-refractivity contribution in [1.29, 1.82) is 0 Å². The maximum atomic E-state index is 5.54. The van der Waals surface area contributed by atoms with Gasteiger partial charge in [0.05, 0.1) is 0 Å². The average molecular weight is 232 g/mol. The first-order chi connectivity index (χ1) is 8.16. The lowest BCUT2D eigenvalue weighted by Gasteiger charge is -2.08. The van der Waals surface area contributed by atoms with Crippen molar-refractivity contribution >= 4 is 11.8 Å². The van der Waals surface area contributed by atoms with Gasteiger partial charge in [-0.1, -0.05) is 0 Å². The molecule has 0 bridgehead atoms. The number of aromatic nitrogens is 4. The monoisotopic (exact) mass is 232 g/mol. The highest BCUT2D eigenvalue weighted by molar-refractivity contribution is 5.44. The number of anilines is 2. The summed E-state index contributed by atoms with van der Waals surface area (Å²) in [5.74, 6) is 2.11. The summed E-state index contributed by atoms with van der Waals surface area (Å²) in [6, 6.07) is 0. The van der Waals surface area contributed by atoms with Crippen LogP contribution in [0.15, 0.2) is 18.6 Å². The fourth-order valence-electron chi connectivity index (χ4n) is 1.56. The summed E-state index contributed by atoms with van der Waals surface area (Å²) in [5, 5.41) is 3.23. The number of nitrogens with zero attached hydrogens (tertiary/aromatic N) is 4. The highest BCUT2D eigenvalue weighted by atomic mass is 15.1. The number of rotatable bonds is 4. The van der Waals surface area contributed by atoms with E-state index >= 15 is 0 Å². The van der Waals surface area contributed by atoms with Gasteiger partial charge < -0.3 is 15.6 Å². The Labute approximate surface area is 99.9 Å². The van der Waals surface area contributed by atoms with Crippen LogP contribution in [0.2, 0.25) is 0 Å². The van der Waals surface area contributed by atoms with Crippen molar-refractivity contribution in [2.24, 2.45) is 7.05 Å². The molecule has 3 N–H and O–H groups in total. The lowest BCUT2D eigenvalue weighted by molar-refractivity contribution is 0.788. The maximum absolute atomic E-state index is 5.54. The van der Waals surface area contributed by atoms with E-state index in [2.05, 4.69) is 20.3 Å². The molecule has 0 saturated carbocycles. The Balaban J connectivity index is 1.94. The summed E-state index contributed by atoms with van der Waals surface area (Å²) >= 11 is 0. The Kier molecular flexibility index (Phi) is 3.22. The highest BCUT2D eigenvalue weighted by Gasteiger charge is 2.02. The first kappa shape index (κ1) is 11.4. The minimum absolute atomic E-state index is 0.287. The first-order valence-corrected chi connectivity index (χ1v) is 5.46. The number of nitrogen functional groups attached to an aromatic ring is 1. The standard InChI is InChI=1S/C11H16N6/c1-8-7-15-11(12)16-10(8)14-4-3-9-13-5-6-17(9)2/h5-7H,3-4H2,1-2H3,(H3,12,14,15,16). The van der Waals surface area contributed by atoms with Crippen LogP contribution in [0.25, 0.3) is 0 Å². The molecule has 0 fully saturated rings. The largest absolute Gasteiger partial charge is 0.369 e. The van der Waals surface area contributed by atoms with Gasteiger partial charge in [0.25, 0.3) is 0 Å². The van der Waals surface area contributed by atoms with Crippen molar-refractivity contribution < 1.29 is 0 Å². The van der Waals surface area contributed by atoms with Gasteiger partial charge in [0.2, 0.25) is 5.95 Å². The van der Waals surface area contributed by atoms with Crippen LogP contribution in [0, 0.1) is 6.92 Å². The number of hydrogen-bond donors (Lipinski definition) is 2. The van der Waals surface area contributed by atoms with E-state index in [1.54, 1.807) is 12.4 Å². The Hall–Kier alpha value is -2.11. The highest BCUT2D eigenvalue weighted by Crippen LogP contribution is 2.10. The summed E-state index contributed by atoms with van der Waals surface area (Å²) in [7, 11) is 1.98. The van der Waals surface area contributed by atoms with E-state index in [9.17, 15) is 0 Å². The van der Waals surface area contributed by atoms with Gasteiger partial charge in [-0.3, -0.25) is 0 Å². The van der Waals surface area contributed by atoms with Gasteiger partial charge in [0, 0.05) is 44.2 Å². The molecule has 0 aromatic carbocycles. The molecule has 0 aliphatic rings. The van der Waals surface area contributed by atoms with Gasteiger partial charge in [0.1, 0.15) is 11.6 Å². The second-order valence-corrected chi connectivity index (χ2v) is 3.89. The van der Waals surface area contributed by atoms with Crippen molar-refractivity contribution in [3.05, 3.63) is 30.0 Å². The molecule has 2 aromatic rings. The Morgan fingerprint density at radius 3 is 2.94 bits per heavy atom. The van der Waals surface area contributed by atoms with Crippen LogP contribution >= 0.6 is 0 Å². The van der Waals surface area contributed by atoms with Crippen LogP contribution < -0.4 is 11.1 Å². The molecular weight excluding hydrogens is 216 g/mol. The second kappa shape index (κ2) is 4.82. The zero-order valence-electron chi connectivity index (χ0n) is 10.0. The van der Waals surface area contributed by atoms with Gasteiger partial charge in [0.15, 0.2) is 0 Å². The Morgan fingerprint density at radius 2 is 2.24 bits per heavy atom. The van der Waals surface area contributed by atoms with E-state index in [-0.39, 0.29) is 5.95 Å². The summed E-state index contributed by atoms with van der Waals surface area (Å²) in [6.45, 7) is 2.71. The molecule has 2 heterocycles. The third-order valence-electron chi connectivity index (χ3n) is 2.55. The second-order valence-electron chi connectivity index (χ2n) is 3.89. The fraction of sp³-hybridized carbons (Fsp3) is 0.364. The van der Waals surface area contributed by atoms with Crippen molar-refractivity contribution in [2.75, 3.05) is 17.6 Å². The van der Waals surface area contributed by atoms with Crippen LogP contribution in [0.1, 0.15) is 11.4 Å². The van der Waals surface area contributed by atoms with Crippen LogP contribution in [0.3, 0.4) is 0 Å². The summed E-state index contributed by atoms with van der Waals surface area (Å²) < 4.78 is 2.00. The van der Waals surface area contributed by atoms with Gasteiger partial charge in [-0.2, -0.15) is 4.98 Å². The third kappa shape index (κ3) is 2.72. The molecule has 0 aliphatic carbocycles. The van der Waals surface area contributed by atoms with Crippen LogP contribution in [0.4, 0.5) is 11.8 Å². The molecule has 2 aromatic heterocycles. The average Bonchev–Trinajstić information content (AvgIpc) is 2.70. The molecule has 0 atom stereocenters. The van der Waals surface area contributed by atoms with Gasteiger partial charge in [-0.25, -0.2) is 9.97 Å². The van der Waals surface area contributed by atoms with E-state index in [0.29, 0.717) is 0 Å². The number of hydrogen-bond acceptors (Lipinski definition) is 5. The molecule has 0 saturated heterocycles. The number of nitrogens with one attached hydrogen (secondary N) is 1. The summed E-state index contributed by atoms with van der Waals surface area (Å²) in [5.41, 5.74) is 6.52. The van der Waals surface area contributed by atoms with E-state index < -0.39 is 0 Å². The Morgan fingerprint density at radius 1 is 1.41 bits per heavy atom. The third-order valence-corrected chi connectivity index (χ3v) is 2.55. The van der Waals surface area contributed by atoms with Crippen molar-refractivity contribution in [1.82, 2.24) is 19.5 Å². The lowest BCUT2D eigenvalue weighted by Crippen LogP contribution is -2.11. The number of imidazole rings is 1. The van der Waals surface area contributed by atoms with Crippen LogP contribution in [0.5, 0.6) is 0 Å². The predicted molar refractivity (Wildman–Crippen MR) is 66.6 cm³/mol. The molecule has 2 rings (SSSR count). The zero-order valence-corrected chi connectivity index (χ0v) is 10.0. The van der Waals surface area contributed by atoms with Gasteiger partial charge in [-0.05, 0) is 6.92 Å². The van der Waals surface area contributed by atoms with Crippen molar-refractivity contribution in [2.45, 2.75) is 13.3 Å². The van der Waals surface area contributed by atoms with Crippen LogP contribution in [-0.2, 0) is 13.5 Å². The molecule has 0 spiro atoms. The number of aryl methyl sites for hydroxylation is 2. The molecule has 0 unspecified atom stereocenters. The molecule has 0 aliphatic heterocycles. The first-order valence-electron chi connectivity index (χ1n) is 5.46. The topological polar surface area (TPSA) is 81.7 Å². The minimum atomic E-state index is 0.287. The van der Waals surface area contributed by atoms with Gasteiger partial charge >= 0.3 is 0 Å². The molecule has 90 valence electrons. The van der Waals surface area contributed by atoms with E-state index in [1.165, 1.54) is 0 Å². The SMILES string of the molecule is Cc1cnc(N)nc1NCCc1nccn1C. The van der Waals surface area contributed by atoms with Crippen LogP contribution in [-0.4, -0.2) is 26.1 Å². The minimum Gasteiger partial charge on any atom is -0.369 e. The van der Waals surface area contributed by atoms with E-state index in [4.69, 9.17) is 5.73 Å². The van der Waals surface area contributed by atoms with Gasteiger partial charge in [-0.15, -0.1) is 0 Å². The summed E-state index contributed by atoms with van der Waals surface area (Å²) in [4.78, 5) is 12.3. The molecular formula is C11H16N6. The lowest BCUT2D eigenvalue weighted by atomic mass is 10.3. The summed E-state index contributed by atoms with van der Waals surface area (Å²) in [6.07, 6.45) is 6.28. The van der Waals surface area contributed by atoms with Crippen molar-refractivity contribution in [3.63, 3.8) is 0 Å². The predicted octanol–water partition coefficient (Wildman–Crippen LogP) is 0.755. The quantitative estimate of drug-likeness (QED) is 0.813. The zero-order chi connectivity index (χ0) is 12.3. The van der Waals surface area contributed by atoms with E-state index in [1.807, 2.05) is 24.7 Å². The smallest absolute Gasteiger partial charge is 0.221 e. The fourth-order valence-corrected chi connectivity index (χ4v) is 1.56. The molecule has 6 nitrogen and oxygen atoms in total. The van der Waals surface area contributed by atoms with E-state index in [0.717, 1.165) is 30.2 Å². The maximum Gasteiger partial charge on any atom is 0.221 e. The molecule has 0 amide bonds. The molecule has 17 heavy (non-hydrogen) atoms. The normalized spacial score (nSPS) is 10.5. The molecule has 6 heteroatoms. The Bertz CT molecular complexity index is 504. The van der Waals surface area contributed by atoms with Crippen molar-refractivity contribution in [3.8, 4) is 0 Å².